The van der Waals surface area contributed by atoms with E-state index in [1.165, 1.54) is 6.07 Å². The van der Waals surface area contributed by atoms with Crippen molar-refractivity contribution in [2.24, 2.45) is 5.92 Å². The summed E-state index contributed by atoms with van der Waals surface area (Å²) in [6.07, 6.45) is 1.48. The van der Waals surface area contributed by atoms with Crippen molar-refractivity contribution in [3.05, 3.63) is 18.2 Å². The largest absolute Gasteiger partial charge is 0.506 e. The number of phenolic OH excluding ortho intramolecular Hbond substituents is 1. The molecule has 0 unspecified atom stereocenters. The highest BCUT2D eigenvalue weighted by atomic mass is 32.2. The SMILES string of the molecule is CC(C)CCS(=O)(=O)Nc1cc(S(C)(=O)=O)ccc1O. The average molecular weight is 321 g/mol. The molecule has 0 aromatic heterocycles. The maximum absolute atomic E-state index is 11.8. The van der Waals surface area contributed by atoms with Gasteiger partial charge in [0.15, 0.2) is 9.84 Å². The Bertz CT molecular complexity index is 678. The molecule has 1 rings (SSSR count). The van der Waals surface area contributed by atoms with Crippen molar-refractivity contribution in [3.8, 4) is 5.75 Å². The highest BCUT2D eigenvalue weighted by molar-refractivity contribution is 7.92. The molecule has 0 aliphatic carbocycles. The zero-order valence-electron chi connectivity index (χ0n) is 11.6. The van der Waals surface area contributed by atoms with Crippen LogP contribution in [0.3, 0.4) is 0 Å². The molecule has 0 aliphatic heterocycles. The Kier molecular flexibility index (Phi) is 5.04. The van der Waals surface area contributed by atoms with Gasteiger partial charge in [-0.05, 0) is 30.5 Å². The van der Waals surface area contributed by atoms with Crippen LogP contribution < -0.4 is 4.72 Å². The number of benzene rings is 1. The summed E-state index contributed by atoms with van der Waals surface area (Å²) in [5.74, 6) is -0.180. The second-order valence-corrected chi connectivity index (χ2v) is 8.91. The van der Waals surface area contributed by atoms with E-state index in [0.29, 0.717) is 6.42 Å². The molecule has 0 spiro atoms. The molecule has 0 saturated heterocycles. The van der Waals surface area contributed by atoms with E-state index in [1.807, 2.05) is 13.8 Å². The number of anilines is 1. The minimum Gasteiger partial charge on any atom is -0.506 e. The minimum absolute atomic E-state index is 0.0585. The van der Waals surface area contributed by atoms with Crippen LogP contribution in [0.15, 0.2) is 23.1 Å². The van der Waals surface area contributed by atoms with Crippen molar-refractivity contribution in [1.29, 1.82) is 0 Å². The second-order valence-electron chi connectivity index (χ2n) is 5.05. The van der Waals surface area contributed by atoms with Crippen LogP contribution in [0.5, 0.6) is 5.75 Å². The molecule has 6 nitrogen and oxygen atoms in total. The fourth-order valence-corrected chi connectivity index (χ4v) is 3.47. The van der Waals surface area contributed by atoms with E-state index in [4.69, 9.17) is 0 Å². The molecule has 2 N–H and O–H groups in total. The van der Waals surface area contributed by atoms with Gasteiger partial charge < -0.3 is 5.11 Å². The van der Waals surface area contributed by atoms with Crippen molar-refractivity contribution in [1.82, 2.24) is 0 Å². The van der Waals surface area contributed by atoms with E-state index in [0.717, 1.165) is 18.4 Å². The van der Waals surface area contributed by atoms with E-state index in [9.17, 15) is 21.9 Å². The number of rotatable bonds is 6. The van der Waals surface area contributed by atoms with E-state index < -0.39 is 19.9 Å². The predicted molar refractivity (Wildman–Crippen MR) is 78.1 cm³/mol. The summed E-state index contributed by atoms with van der Waals surface area (Å²) in [6, 6.07) is 3.48. The summed E-state index contributed by atoms with van der Waals surface area (Å²) in [6.45, 7) is 3.80. The molecular formula is C12H19NO5S2. The Morgan fingerprint density at radius 1 is 1.20 bits per heavy atom. The van der Waals surface area contributed by atoms with Crippen molar-refractivity contribution >= 4 is 25.5 Å². The summed E-state index contributed by atoms with van der Waals surface area (Å²) in [7, 11) is -7.09. The molecule has 0 atom stereocenters. The summed E-state index contributed by atoms with van der Waals surface area (Å²) < 4.78 is 48.7. The smallest absolute Gasteiger partial charge is 0.232 e. The number of aromatic hydroxyl groups is 1. The van der Waals surface area contributed by atoms with Crippen LogP contribution in [0.1, 0.15) is 20.3 Å². The van der Waals surface area contributed by atoms with E-state index >= 15 is 0 Å². The van der Waals surface area contributed by atoms with Crippen molar-refractivity contribution in [2.45, 2.75) is 25.2 Å². The van der Waals surface area contributed by atoms with Crippen molar-refractivity contribution in [2.75, 3.05) is 16.7 Å². The normalized spacial score (nSPS) is 12.6. The molecule has 0 radical (unpaired) electrons. The summed E-state index contributed by atoms with van der Waals surface area (Å²) in [4.78, 5) is -0.0585. The first-order valence-electron chi connectivity index (χ1n) is 6.05. The topological polar surface area (TPSA) is 101 Å². The van der Waals surface area contributed by atoms with Crippen LogP contribution in [0.4, 0.5) is 5.69 Å². The summed E-state index contributed by atoms with van der Waals surface area (Å²) in [5.41, 5.74) is -0.128. The molecule has 0 heterocycles. The number of hydrogen-bond acceptors (Lipinski definition) is 5. The third kappa shape index (κ3) is 5.01. The first-order chi connectivity index (χ1) is 9.01. The first kappa shape index (κ1) is 16.8. The zero-order valence-corrected chi connectivity index (χ0v) is 13.3. The molecule has 0 saturated carbocycles. The van der Waals surface area contributed by atoms with Gasteiger partial charge in [-0.3, -0.25) is 4.72 Å². The maximum Gasteiger partial charge on any atom is 0.232 e. The monoisotopic (exact) mass is 321 g/mol. The van der Waals surface area contributed by atoms with Gasteiger partial charge in [0.1, 0.15) is 5.75 Å². The van der Waals surface area contributed by atoms with Gasteiger partial charge in [-0.1, -0.05) is 13.8 Å². The summed E-state index contributed by atoms with van der Waals surface area (Å²) in [5, 5.41) is 9.62. The highest BCUT2D eigenvalue weighted by Gasteiger charge is 2.16. The van der Waals surface area contributed by atoms with Gasteiger partial charge in [-0.15, -0.1) is 0 Å². The Morgan fingerprint density at radius 2 is 1.80 bits per heavy atom. The molecule has 0 aliphatic rings. The molecule has 0 bridgehead atoms. The molecule has 8 heteroatoms. The fraction of sp³-hybridized carbons (Fsp3) is 0.500. The quantitative estimate of drug-likeness (QED) is 0.775. The molecule has 1 aromatic rings. The number of sulfonamides is 1. The van der Waals surface area contributed by atoms with Crippen molar-refractivity contribution in [3.63, 3.8) is 0 Å². The number of nitrogens with one attached hydrogen (secondary N) is 1. The molecule has 0 amide bonds. The van der Waals surface area contributed by atoms with Gasteiger partial charge in [0, 0.05) is 6.26 Å². The average Bonchev–Trinajstić information content (AvgIpc) is 2.28. The lowest BCUT2D eigenvalue weighted by Crippen LogP contribution is -2.18. The number of hydrogen-bond donors (Lipinski definition) is 2. The van der Waals surface area contributed by atoms with Gasteiger partial charge >= 0.3 is 0 Å². The van der Waals surface area contributed by atoms with Gasteiger partial charge in [0.25, 0.3) is 0 Å². The van der Waals surface area contributed by atoms with Gasteiger partial charge in [-0.25, -0.2) is 16.8 Å². The van der Waals surface area contributed by atoms with Crippen LogP contribution in [0.2, 0.25) is 0 Å². The van der Waals surface area contributed by atoms with E-state index in [-0.39, 0.29) is 28.0 Å². The van der Waals surface area contributed by atoms with Crippen LogP contribution in [0, 0.1) is 5.92 Å². The molecule has 114 valence electrons. The maximum atomic E-state index is 11.8. The van der Waals surface area contributed by atoms with E-state index in [2.05, 4.69) is 4.72 Å². The Morgan fingerprint density at radius 3 is 2.30 bits per heavy atom. The molecule has 1 aromatic carbocycles. The Labute approximate surface area is 119 Å². The van der Waals surface area contributed by atoms with Crippen LogP contribution in [-0.2, 0) is 19.9 Å². The molecule has 0 fully saturated rings. The minimum atomic E-state index is -3.62. The van der Waals surface area contributed by atoms with Gasteiger partial charge in [0.2, 0.25) is 10.0 Å². The Hall–Kier alpha value is -1.28. The van der Waals surface area contributed by atoms with Crippen LogP contribution >= 0.6 is 0 Å². The summed E-state index contributed by atoms with van der Waals surface area (Å²) >= 11 is 0. The molecule has 20 heavy (non-hydrogen) atoms. The van der Waals surface area contributed by atoms with E-state index in [1.54, 1.807) is 0 Å². The standard InChI is InChI=1S/C12H19NO5S2/c1-9(2)6-7-20(17,18)13-11-8-10(19(3,15)16)4-5-12(11)14/h4-5,8-9,13-14H,6-7H2,1-3H3. The first-order valence-corrected chi connectivity index (χ1v) is 9.59. The molecular weight excluding hydrogens is 302 g/mol. The van der Waals surface area contributed by atoms with Crippen molar-refractivity contribution < 1.29 is 21.9 Å². The zero-order chi connectivity index (χ0) is 15.6. The van der Waals surface area contributed by atoms with Gasteiger partial charge in [0.05, 0.1) is 16.3 Å². The lowest BCUT2D eigenvalue weighted by molar-refractivity contribution is 0.477. The number of sulfone groups is 1. The highest BCUT2D eigenvalue weighted by Crippen LogP contribution is 2.27. The third-order valence-electron chi connectivity index (χ3n) is 2.63. The number of phenols is 1. The fourth-order valence-electron chi connectivity index (χ4n) is 1.44. The van der Waals surface area contributed by atoms with Gasteiger partial charge in [-0.2, -0.15) is 0 Å². The third-order valence-corrected chi connectivity index (χ3v) is 5.04. The van der Waals surface area contributed by atoms with Crippen LogP contribution in [0.25, 0.3) is 0 Å². The van der Waals surface area contributed by atoms with Crippen LogP contribution in [-0.4, -0.2) is 34.0 Å². The lowest BCUT2D eigenvalue weighted by atomic mass is 10.2. The second kappa shape index (κ2) is 6.01. The lowest BCUT2D eigenvalue weighted by Gasteiger charge is -2.11. The predicted octanol–water partition coefficient (Wildman–Crippen LogP) is 1.58. The Balaban J connectivity index is 3.03.